The molecule has 2 amide bonds. The zero-order valence-corrected chi connectivity index (χ0v) is 17.8. The van der Waals surface area contributed by atoms with Gasteiger partial charge in [0.15, 0.2) is 0 Å². The third-order valence-corrected chi connectivity index (χ3v) is 4.71. The van der Waals surface area contributed by atoms with Crippen molar-refractivity contribution < 1.29 is 9.59 Å². The minimum Gasteiger partial charge on any atom is -0.322 e. The lowest BCUT2D eigenvalue weighted by Gasteiger charge is -2.12. The first-order valence-electron chi connectivity index (χ1n) is 8.58. The molecular formula is C20H17Cl3N4O2. The summed E-state index contributed by atoms with van der Waals surface area (Å²) in [6, 6.07) is 15.9. The SMILES string of the molecule is Cc1nn(-c2ccccc2)c(C)c1NC(=O)c1ccc(NC(=O)C(Cl)(Cl)Cl)cc1. The minimum absolute atomic E-state index is 0.303. The van der Waals surface area contributed by atoms with Crippen molar-refractivity contribution in [1.29, 1.82) is 0 Å². The number of aromatic nitrogens is 2. The number of nitrogens with zero attached hydrogens (tertiary/aromatic N) is 2. The van der Waals surface area contributed by atoms with Gasteiger partial charge < -0.3 is 10.6 Å². The summed E-state index contributed by atoms with van der Waals surface area (Å²) < 4.78 is -0.287. The lowest BCUT2D eigenvalue weighted by molar-refractivity contribution is -0.115. The van der Waals surface area contributed by atoms with Crippen LogP contribution in [-0.4, -0.2) is 25.4 Å². The van der Waals surface area contributed by atoms with Crippen LogP contribution in [0, 0.1) is 13.8 Å². The van der Waals surface area contributed by atoms with Crippen LogP contribution >= 0.6 is 34.8 Å². The average molecular weight is 452 g/mol. The predicted molar refractivity (Wildman–Crippen MR) is 116 cm³/mol. The standard InChI is InChI=1S/C20H17Cl3N4O2/c1-12-17(13(2)27(26-12)16-6-4-3-5-7-16)25-18(28)14-8-10-15(11-9-14)24-19(29)20(21,22)23/h3-11H,1-2H3,(H,24,29)(H,25,28). The average Bonchev–Trinajstić information content (AvgIpc) is 2.96. The Hall–Kier alpha value is -2.54. The second-order valence-electron chi connectivity index (χ2n) is 6.28. The van der Waals surface area contributed by atoms with Crippen LogP contribution in [0.1, 0.15) is 21.7 Å². The van der Waals surface area contributed by atoms with Gasteiger partial charge in [-0.25, -0.2) is 4.68 Å². The number of carbonyl (C=O) groups excluding carboxylic acids is 2. The van der Waals surface area contributed by atoms with E-state index in [0.29, 0.717) is 22.6 Å². The van der Waals surface area contributed by atoms with Crippen LogP contribution in [0.25, 0.3) is 5.69 Å². The van der Waals surface area contributed by atoms with Gasteiger partial charge >= 0.3 is 0 Å². The summed E-state index contributed by atoms with van der Waals surface area (Å²) in [6.45, 7) is 3.72. The van der Waals surface area contributed by atoms with Gasteiger partial charge in [0.25, 0.3) is 15.6 Å². The number of rotatable bonds is 4. The number of hydrogen-bond donors (Lipinski definition) is 2. The van der Waals surface area contributed by atoms with Gasteiger partial charge in [0.05, 0.1) is 22.8 Å². The molecule has 3 rings (SSSR count). The Labute approximate surface area is 182 Å². The molecule has 0 unspecified atom stereocenters. The Morgan fingerprint density at radius 1 is 0.931 bits per heavy atom. The number of halogens is 3. The molecule has 0 bridgehead atoms. The highest BCUT2D eigenvalue weighted by atomic mass is 35.6. The van der Waals surface area contributed by atoms with E-state index in [1.165, 1.54) is 0 Å². The first-order valence-corrected chi connectivity index (χ1v) is 9.71. The van der Waals surface area contributed by atoms with Crippen LogP contribution in [0.2, 0.25) is 0 Å². The van der Waals surface area contributed by atoms with Gasteiger partial charge in [-0.1, -0.05) is 53.0 Å². The number of nitrogens with one attached hydrogen (secondary N) is 2. The molecule has 1 aromatic heterocycles. The summed E-state index contributed by atoms with van der Waals surface area (Å²) in [4.78, 5) is 24.4. The normalized spacial score (nSPS) is 11.2. The quantitative estimate of drug-likeness (QED) is 0.545. The van der Waals surface area contributed by atoms with Gasteiger partial charge in [0.2, 0.25) is 0 Å². The molecule has 9 heteroatoms. The summed E-state index contributed by atoms with van der Waals surface area (Å²) in [5.41, 5.74) is 3.88. The maximum atomic E-state index is 12.7. The number of benzene rings is 2. The van der Waals surface area contributed by atoms with E-state index in [2.05, 4.69) is 15.7 Å². The highest BCUT2D eigenvalue weighted by Crippen LogP contribution is 2.28. The molecule has 3 aromatic rings. The fraction of sp³-hybridized carbons (Fsp3) is 0.150. The summed E-state index contributed by atoms with van der Waals surface area (Å²) in [5, 5.41) is 9.87. The van der Waals surface area contributed by atoms with Crippen molar-refractivity contribution in [1.82, 2.24) is 9.78 Å². The van der Waals surface area contributed by atoms with Crippen molar-refractivity contribution in [3.05, 3.63) is 71.5 Å². The molecule has 0 aliphatic rings. The van der Waals surface area contributed by atoms with Crippen molar-refractivity contribution in [2.75, 3.05) is 10.6 Å². The molecule has 0 saturated carbocycles. The highest BCUT2D eigenvalue weighted by Gasteiger charge is 2.30. The molecule has 0 spiro atoms. The molecular weight excluding hydrogens is 435 g/mol. The smallest absolute Gasteiger partial charge is 0.276 e. The molecule has 6 nitrogen and oxygen atoms in total. The van der Waals surface area contributed by atoms with Crippen molar-refractivity contribution in [3.8, 4) is 5.69 Å². The van der Waals surface area contributed by atoms with Gasteiger partial charge in [-0.3, -0.25) is 9.59 Å². The van der Waals surface area contributed by atoms with Crippen molar-refractivity contribution in [3.63, 3.8) is 0 Å². The zero-order chi connectivity index (χ0) is 21.2. The first kappa shape index (κ1) is 21.2. The molecule has 2 N–H and O–H groups in total. The van der Waals surface area contributed by atoms with Crippen molar-refractivity contribution in [2.45, 2.75) is 17.6 Å². The van der Waals surface area contributed by atoms with Crippen LogP contribution in [0.15, 0.2) is 54.6 Å². The maximum absolute atomic E-state index is 12.7. The third-order valence-electron chi connectivity index (χ3n) is 4.19. The van der Waals surface area contributed by atoms with E-state index in [-0.39, 0.29) is 5.91 Å². The molecule has 0 aliphatic heterocycles. The Morgan fingerprint density at radius 3 is 2.14 bits per heavy atom. The molecule has 0 fully saturated rings. The van der Waals surface area contributed by atoms with Crippen LogP contribution in [-0.2, 0) is 4.79 Å². The van der Waals surface area contributed by atoms with Gasteiger partial charge in [-0.05, 0) is 50.2 Å². The monoisotopic (exact) mass is 450 g/mol. The summed E-state index contributed by atoms with van der Waals surface area (Å²) >= 11 is 16.6. The minimum atomic E-state index is -2.07. The van der Waals surface area contributed by atoms with E-state index in [4.69, 9.17) is 34.8 Å². The number of carbonyl (C=O) groups is 2. The Balaban J connectivity index is 1.76. The lowest BCUT2D eigenvalue weighted by atomic mass is 10.2. The van der Waals surface area contributed by atoms with Gasteiger partial charge in [0, 0.05) is 11.3 Å². The van der Waals surface area contributed by atoms with E-state index in [9.17, 15) is 9.59 Å². The number of amides is 2. The molecule has 2 aromatic carbocycles. The summed E-state index contributed by atoms with van der Waals surface area (Å²) in [7, 11) is 0. The second-order valence-corrected chi connectivity index (χ2v) is 8.56. The van der Waals surface area contributed by atoms with Crippen molar-refractivity contribution >= 4 is 58.0 Å². The van der Waals surface area contributed by atoms with Gasteiger partial charge in [-0.15, -0.1) is 0 Å². The lowest BCUT2D eigenvalue weighted by Crippen LogP contribution is -2.26. The summed E-state index contributed by atoms with van der Waals surface area (Å²) in [5.74, 6) is -1.08. The number of hydrogen-bond acceptors (Lipinski definition) is 3. The van der Waals surface area contributed by atoms with Crippen molar-refractivity contribution in [2.24, 2.45) is 0 Å². The van der Waals surface area contributed by atoms with E-state index >= 15 is 0 Å². The fourth-order valence-corrected chi connectivity index (χ4v) is 2.88. The van der Waals surface area contributed by atoms with Gasteiger partial charge in [-0.2, -0.15) is 5.10 Å². The number of anilines is 2. The summed E-state index contributed by atoms with van der Waals surface area (Å²) in [6.07, 6.45) is 0. The van der Waals surface area contributed by atoms with Crippen LogP contribution in [0.3, 0.4) is 0 Å². The van der Waals surface area contributed by atoms with E-state index in [1.807, 2.05) is 44.2 Å². The molecule has 1 heterocycles. The number of alkyl halides is 3. The van der Waals surface area contributed by atoms with E-state index < -0.39 is 9.70 Å². The van der Waals surface area contributed by atoms with E-state index in [1.54, 1.807) is 28.9 Å². The van der Waals surface area contributed by atoms with Crippen LogP contribution < -0.4 is 10.6 Å². The zero-order valence-electron chi connectivity index (χ0n) is 15.5. The number of para-hydroxylation sites is 1. The Kier molecular flexibility index (Phi) is 6.17. The Bertz CT molecular complexity index is 1040. The predicted octanol–water partition coefficient (Wildman–Crippen LogP) is 5.05. The number of aryl methyl sites for hydroxylation is 1. The molecule has 150 valence electrons. The molecule has 0 atom stereocenters. The molecule has 0 radical (unpaired) electrons. The largest absolute Gasteiger partial charge is 0.322 e. The third kappa shape index (κ3) is 4.90. The van der Waals surface area contributed by atoms with E-state index in [0.717, 1.165) is 11.4 Å². The van der Waals surface area contributed by atoms with Gasteiger partial charge in [0.1, 0.15) is 0 Å². The highest BCUT2D eigenvalue weighted by molar-refractivity contribution is 6.76. The van der Waals surface area contributed by atoms with Crippen LogP contribution in [0.4, 0.5) is 11.4 Å². The second kappa shape index (κ2) is 8.45. The Morgan fingerprint density at radius 2 is 1.55 bits per heavy atom. The maximum Gasteiger partial charge on any atom is 0.276 e. The first-order chi connectivity index (χ1) is 13.7. The molecule has 0 saturated heterocycles. The topological polar surface area (TPSA) is 76.0 Å². The molecule has 0 aliphatic carbocycles. The fourth-order valence-electron chi connectivity index (χ4n) is 2.74. The molecule has 29 heavy (non-hydrogen) atoms. The van der Waals surface area contributed by atoms with Crippen LogP contribution in [0.5, 0.6) is 0 Å².